The van der Waals surface area contributed by atoms with E-state index in [2.05, 4.69) is 15.9 Å². The molecule has 0 saturated carbocycles. The molecule has 0 fully saturated rings. The molecule has 1 heterocycles. The van der Waals surface area contributed by atoms with Gasteiger partial charge in [0.1, 0.15) is 5.75 Å². The molecule has 1 aromatic carbocycles. The SMILES string of the molecule is COCOc1ccc(-c2ccc(Br)c(=O)n2C)c(C)c1. The third-order valence-electron chi connectivity index (χ3n) is 3.08. The van der Waals surface area contributed by atoms with Crippen LogP contribution in [0.15, 0.2) is 39.6 Å². The number of halogens is 1. The van der Waals surface area contributed by atoms with Crippen molar-refractivity contribution in [3.05, 3.63) is 50.7 Å². The average molecular weight is 338 g/mol. The predicted molar refractivity (Wildman–Crippen MR) is 82.1 cm³/mol. The lowest BCUT2D eigenvalue weighted by Crippen LogP contribution is -2.18. The van der Waals surface area contributed by atoms with Crippen LogP contribution in [0, 0.1) is 6.92 Å². The summed E-state index contributed by atoms with van der Waals surface area (Å²) in [6.45, 7) is 2.21. The summed E-state index contributed by atoms with van der Waals surface area (Å²) in [5, 5.41) is 0. The van der Waals surface area contributed by atoms with Gasteiger partial charge >= 0.3 is 0 Å². The molecular weight excluding hydrogens is 322 g/mol. The molecule has 4 nitrogen and oxygen atoms in total. The van der Waals surface area contributed by atoms with Gasteiger partial charge in [-0.1, -0.05) is 0 Å². The van der Waals surface area contributed by atoms with Gasteiger partial charge in [-0.15, -0.1) is 0 Å². The molecule has 5 heteroatoms. The van der Waals surface area contributed by atoms with E-state index in [0.717, 1.165) is 22.6 Å². The van der Waals surface area contributed by atoms with E-state index in [-0.39, 0.29) is 12.4 Å². The standard InChI is InChI=1S/C15H16BrNO3/c1-10-8-11(20-9-19-3)4-5-12(10)14-7-6-13(16)15(18)17(14)2/h4-8H,9H2,1-3H3. The summed E-state index contributed by atoms with van der Waals surface area (Å²) in [5.41, 5.74) is 2.85. The molecule has 0 radical (unpaired) electrons. The highest BCUT2D eigenvalue weighted by atomic mass is 79.9. The third-order valence-corrected chi connectivity index (χ3v) is 3.68. The zero-order chi connectivity index (χ0) is 14.7. The Morgan fingerprint density at radius 2 is 2.00 bits per heavy atom. The Morgan fingerprint density at radius 3 is 2.65 bits per heavy atom. The normalized spacial score (nSPS) is 10.6. The fourth-order valence-electron chi connectivity index (χ4n) is 2.02. The summed E-state index contributed by atoms with van der Waals surface area (Å²) in [6, 6.07) is 9.44. The van der Waals surface area contributed by atoms with Crippen molar-refractivity contribution in [1.29, 1.82) is 0 Å². The van der Waals surface area contributed by atoms with Crippen molar-refractivity contribution in [1.82, 2.24) is 4.57 Å². The Bertz CT molecular complexity index is 679. The van der Waals surface area contributed by atoms with E-state index in [1.165, 1.54) is 0 Å². The zero-order valence-electron chi connectivity index (χ0n) is 11.6. The van der Waals surface area contributed by atoms with Crippen LogP contribution in [0.2, 0.25) is 0 Å². The number of hydrogen-bond donors (Lipinski definition) is 0. The number of aryl methyl sites for hydroxylation is 1. The van der Waals surface area contributed by atoms with Crippen LogP contribution in [0.4, 0.5) is 0 Å². The van der Waals surface area contributed by atoms with Crippen LogP contribution in [0.25, 0.3) is 11.3 Å². The Kier molecular flexibility index (Phi) is 4.62. The molecule has 0 atom stereocenters. The van der Waals surface area contributed by atoms with Crippen LogP contribution in [0.3, 0.4) is 0 Å². The highest BCUT2D eigenvalue weighted by Gasteiger charge is 2.09. The highest BCUT2D eigenvalue weighted by molar-refractivity contribution is 9.10. The molecule has 0 aliphatic heterocycles. The van der Waals surface area contributed by atoms with E-state index < -0.39 is 0 Å². The van der Waals surface area contributed by atoms with E-state index in [1.807, 2.05) is 31.2 Å². The van der Waals surface area contributed by atoms with Crippen LogP contribution >= 0.6 is 15.9 Å². The second-order valence-corrected chi connectivity index (χ2v) is 5.31. The van der Waals surface area contributed by atoms with Crippen LogP contribution in [-0.4, -0.2) is 18.5 Å². The molecule has 0 aliphatic carbocycles. The van der Waals surface area contributed by atoms with Gasteiger partial charge in [0.15, 0.2) is 6.79 Å². The van der Waals surface area contributed by atoms with Crippen molar-refractivity contribution in [3.8, 4) is 17.0 Å². The fourth-order valence-corrected chi connectivity index (χ4v) is 2.41. The lowest BCUT2D eigenvalue weighted by molar-refractivity contribution is 0.0511. The average Bonchev–Trinajstić information content (AvgIpc) is 2.44. The van der Waals surface area contributed by atoms with Gasteiger partial charge in [-0.3, -0.25) is 4.79 Å². The number of pyridine rings is 1. The zero-order valence-corrected chi connectivity index (χ0v) is 13.2. The largest absolute Gasteiger partial charge is 0.468 e. The maximum absolute atomic E-state index is 12.0. The van der Waals surface area contributed by atoms with Gasteiger partial charge in [0.05, 0.1) is 10.2 Å². The number of nitrogens with zero attached hydrogens (tertiary/aromatic N) is 1. The minimum Gasteiger partial charge on any atom is -0.468 e. The number of ether oxygens (including phenoxy) is 2. The minimum absolute atomic E-state index is 0.0541. The van der Waals surface area contributed by atoms with Gasteiger partial charge in [0, 0.05) is 19.7 Å². The van der Waals surface area contributed by atoms with Gasteiger partial charge in [-0.25, -0.2) is 0 Å². The summed E-state index contributed by atoms with van der Waals surface area (Å²) in [7, 11) is 3.34. The molecule has 0 N–H and O–H groups in total. The number of methoxy groups -OCH3 is 1. The number of aromatic nitrogens is 1. The second kappa shape index (κ2) is 6.24. The van der Waals surface area contributed by atoms with Gasteiger partial charge in [0.2, 0.25) is 0 Å². The van der Waals surface area contributed by atoms with Crippen LogP contribution in [0.5, 0.6) is 5.75 Å². The molecule has 0 amide bonds. The minimum atomic E-state index is -0.0541. The van der Waals surface area contributed by atoms with E-state index in [4.69, 9.17) is 9.47 Å². The van der Waals surface area contributed by atoms with E-state index in [0.29, 0.717) is 4.47 Å². The highest BCUT2D eigenvalue weighted by Crippen LogP contribution is 2.26. The summed E-state index contributed by atoms with van der Waals surface area (Å²) in [5.74, 6) is 0.746. The summed E-state index contributed by atoms with van der Waals surface area (Å²) in [4.78, 5) is 12.0. The molecule has 106 valence electrons. The van der Waals surface area contributed by atoms with Crippen molar-refractivity contribution in [2.45, 2.75) is 6.92 Å². The van der Waals surface area contributed by atoms with Crippen LogP contribution in [0.1, 0.15) is 5.56 Å². The van der Waals surface area contributed by atoms with Crippen molar-refractivity contribution < 1.29 is 9.47 Å². The molecule has 20 heavy (non-hydrogen) atoms. The number of benzene rings is 1. The Hall–Kier alpha value is -1.59. The summed E-state index contributed by atoms with van der Waals surface area (Å²) in [6.07, 6.45) is 0. The molecule has 1 aromatic heterocycles. The second-order valence-electron chi connectivity index (χ2n) is 4.46. The Morgan fingerprint density at radius 1 is 1.25 bits per heavy atom. The molecular formula is C15H16BrNO3. The molecule has 0 unspecified atom stereocenters. The topological polar surface area (TPSA) is 40.5 Å². The van der Waals surface area contributed by atoms with E-state index >= 15 is 0 Å². The molecule has 0 aliphatic rings. The molecule has 0 saturated heterocycles. The van der Waals surface area contributed by atoms with Gasteiger partial charge in [0.25, 0.3) is 5.56 Å². The molecule has 0 spiro atoms. The van der Waals surface area contributed by atoms with Crippen molar-refractivity contribution in [3.63, 3.8) is 0 Å². The first-order chi connectivity index (χ1) is 9.54. The molecule has 2 aromatic rings. The Balaban J connectivity index is 2.44. The van der Waals surface area contributed by atoms with Gasteiger partial charge in [-0.05, 0) is 58.7 Å². The van der Waals surface area contributed by atoms with Gasteiger partial charge in [-0.2, -0.15) is 0 Å². The van der Waals surface area contributed by atoms with Crippen molar-refractivity contribution in [2.24, 2.45) is 7.05 Å². The number of rotatable bonds is 4. The summed E-state index contributed by atoms with van der Waals surface area (Å²) >= 11 is 3.24. The first-order valence-corrected chi connectivity index (χ1v) is 6.92. The predicted octanol–water partition coefficient (Wildman–Crippen LogP) is 3.11. The first-order valence-electron chi connectivity index (χ1n) is 6.13. The lowest BCUT2D eigenvalue weighted by atomic mass is 10.0. The first kappa shape index (κ1) is 14.8. The summed E-state index contributed by atoms with van der Waals surface area (Å²) < 4.78 is 12.5. The van der Waals surface area contributed by atoms with Crippen molar-refractivity contribution in [2.75, 3.05) is 13.9 Å². The maximum Gasteiger partial charge on any atom is 0.265 e. The van der Waals surface area contributed by atoms with Crippen molar-refractivity contribution >= 4 is 15.9 Å². The number of hydrogen-bond acceptors (Lipinski definition) is 3. The smallest absolute Gasteiger partial charge is 0.265 e. The van der Waals surface area contributed by atoms with E-state index in [1.54, 1.807) is 24.8 Å². The van der Waals surface area contributed by atoms with E-state index in [9.17, 15) is 4.79 Å². The molecule has 2 rings (SSSR count). The lowest BCUT2D eigenvalue weighted by Gasteiger charge is -2.13. The van der Waals surface area contributed by atoms with Crippen LogP contribution < -0.4 is 10.3 Å². The third kappa shape index (κ3) is 2.94. The molecule has 0 bridgehead atoms. The maximum atomic E-state index is 12.0. The quantitative estimate of drug-likeness (QED) is 0.805. The van der Waals surface area contributed by atoms with Gasteiger partial charge < -0.3 is 14.0 Å². The Labute approximate surface area is 126 Å². The monoisotopic (exact) mass is 337 g/mol. The fraction of sp³-hybridized carbons (Fsp3) is 0.267. The van der Waals surface area contributed by atoms with Crippen LogP contribution in [-0.2, 0) is 11.8 Å².